The van der Waals surface area contributed by atoms with Crippen LogP contribution in [0.4, 0.5) is 0 Å². The molecule has 6 heteroatoms. The molecule has 1 N–H and O–H groups in total. The molecule has 1 fully saturated rings. The first-order chi connectivity index (χ1) is 15.0. The first kappa shape index (κ1) is 19.4. The van der Waals surface area contributed by atoms with Gasteiger partial charge in [-0.25, -0.2) is 4.98 Å². The Morgan fingerprint density at radius 1 is 1.03 bits per heavy atom. The van der Waals surface area contributed by atoms with Gasteiger partial charge >= 0.3 is 0 Å². The van der Waals surface area contributed by atoms with Crippen molar-refractivity contribution in [2.24, 2.45) is 0 Å². The first-order valence-corrected chi connectivity index (χ1v) is 10.7. The Balaban J connectivity index is 1.56. The fourth-order valence-corrected chi connectivity index (χ4v) is 3.98. The van der Waals surface area contributed by atoms with E-state index in [1.807, 2.05) is 62.4 Å². The van der Waals surface area contributed by atoms with Crippen LogP contribution in [0.5, 0.6) is 0 Å². The van der Waals surface area contributed by atoms with E-state index in [1.165, 1.54) is 0 Å². The van der Waals surface area contributed by atoms with Crippen molar-refractivity contribution < 1.29 is 4.79 Å². The summed E-state index contributed by atoms with van der Waals surface area (Å²) in [5.41, 5.74) is 2.92. The number of hydrogen-bond donors (Lipinski definition) is 1. The van der Waals surface area contributed by atoms with Gasteiger partial charge in [0.05, 0.1) is 28.5 Å². The highest BCUT2D eigenvalue weighted by Gasteiger charge is 2.29. The predicted octanol–water partition coefficient (Wildman–Crippen LogP) is 4.40. The number of carbonyl (C=O) groups is 1. The third-order valence-electron chi connectivity index (χ3n) is 5.83. The van der Waals surface area contributed by atoms with Gasteiger partial charge in [0.2, 0.25) is 0 Å². The molecule has 0 aliphatic heterocycles. The topological polar surface area (TPSA) is 79.0 Å². The van der Waals surface area contributed by atoms with E-state index in [4.69, 9.17) is 4.98 Å². The summed E-state index contributed by atoms with van der Waals surface area (Å²) >= 11 is 0. The highest BCUT2D eigenvalue weighted by Crippen LogP contribution is 2.40. The van der Waals surface area contributed by atoms with Gasteiger partial charge in [0.1, 0.15) is 5.82 Å². The minimum absolute atomic E-state index is 0.0689. The van der Waals surface area contributed by atoms with Crippen molar-refractivity contribution in [3.8, 4) is 0 Å². The monoisotopic (exact) mass is 412 g/mol. The van der Waals surface area contributed by atoms with Crippen LogP contribution < -0.4 is 5.56 Å². The van der Waals surface area contributed by atoms with Gasteiger partial charge in [0, 0.05) is 23.0 Å². The van der Waals surface area contributed by atoms with Crippen LogP contribution >= 0.6 is 0 Å². The van der Waals surface area contributed by atoms with Gasteiger partial charge in [0.15, 0.2) is 0 Å². The van der Waals surface area contributed by atoms with E-state index in [1.54, 1.807) is 11.0 Å². The number of rotatable bonds is 5. The van der Waals surface area contributed by atoms with Crippen LogP contribution in [0, 0.1) is 0 Å². The molecule has 0 unspecified atom stereocenters. The molecule has 5 rings (SSSR count). The molecule has 0 bridgehead atoms. The molecule has 156 valence electrons. The number of nitrogens with zero attached hydrogens (tertiary/aromatic N) is 3. The molecule has 0 spiro atoms. The predicted molar refractivity (Wildman–Crippen MR) is 121 cm³/mol. The lowest BCUT2D eigenvalue weighted by atomic mass is 10.0. The quantitative estimate of drug-likeness (QED) is 0.527. The molecular weight excluding hydrogens is 388 g/mol. The number of amides is 1. The van der Waals surface area contributed by atoms with Gasteiger partial charge in [-0.15, -0.1) is 0 Å². The molecule has 6 nitrogen and oxygen atoms in total. The Hall–Kier alpha value is -3.54. The lowest BCUT2D eigenvalue weighted by molar-refractivity contribution is 0.0687. The zero-order chi connectivity index (χ0) is 21.5. The molecule has 1 saturated carbocycles. The van der Waals surface area contributed by atoms with E-state index >= 15 is 0 Å². The fraction of sp³-hybridized carbons (Fsp3) is 0.280. The summed E-state index contributed by atoms with van der Waals surface area (Å²) in [6.45, 7) is 4.18. The summed E-state index contributed by atoms with van der Waals surface area (Å²) in [6.07, 6.45) is 2.24. The maximum absolute atomic E-state index is 13.7. The van der Waals surface area contributed by atoms with E-state index in [9.17, 15) is 9.59 Å². The van der Waals surface area contributed by atoms with Crippen molar-refractivity contribution in [2.45, 2.75) is 45.2 Å². The third kappa shape index (κ3) is 3.69. The Morgan fingerprint density at radius 2 is 1.68 bits per heavy atom. The average molecular weight is 412 g/mol. The second-order valence-corrected chi connectivity index (χ2v) is 8.44. The lowest BCUT2D eigenvalue weighted by Crippen LogP contribution is -2.37. The van der Waals surface area contributed by atoms with E-state index in [-0.39, 0.29) is 24.1 Å². The zero-order valence-corrected chi connectivity index (χ0v) is 17.6. The van der Waals surface area contributed by atoms with Crippen molar-refractivity contribution in [1.29, 1.82) is 0 Å². The number of H-pyrrole nitrogens is 1. The van der Waals surface area contributed by atoms with E-state index in [0.717, 1.165) is 29.4 Å². The Bertz CT molecular complexity index is 1350. The van der Waals surface area contributed by atoms with Crippen molar-refractivity contribution in [1.82, 2.24) is 19.9 Å². The number of aromatic nitrogens is 3. The number of aromatic amines is 1. The highest BCUT2D eigenvalue weighted by molar-refractivity contribution is 6.06. The maximum Gasteiger partial charge on any atom is 0.258 e. The van der Waals surface area contributed by atoms with Crippen LogP contribution in [0.15, 0.2) is 59.4 Å². The van der Waals surface area contributed by atoms with Crippen LogP contribution in [0.1, 0.15) is 54.5 Å². The molecule has 0 radical (unpaired) electrons. The molecule has 31 heavy (non-hydrogen) atoms. The molecule has 4 aromatic rings. The minimum atomic E-state index is -0.192. The number of para-hydroxylation sites is 2. The highest BCUT2D eigenvalue weighted by atomic mass is 16.2. The minimum Gasteiger partial charge on any atom is -0.329 e. The van der Waals surface area contributed by atoms with Crippen molar-refractivity contribution in [3.05, 3.63) is 82.0 Å². The molecule has 2 aromatic carbocycles. The normalized spacial score (nSPS) is 13.8. The maximum atomic E-state index is 13.7. The SMILES string of the molecule is CC(C)N(Cc1nc2ccccc2c(=O)[nH]1)C(=O)c1cc(C2CC2)nc2ccccc12. The van der Waals surface area contributed by atoms with E-state index < -0.39 is 0 Å². The van der Waals surface area contributed by atoms with Gasteiger partial charge in [-0.1, -0.05) is 30.3 Å². The van der Waals surface area contributed by atoms with Crippen LogP contribution in [-0.4, -0.2) is 31.8 Å². The van der Waals surface area contributed by atoms with Crippen LogP contribution in [0.25, 0.3) is 21.8 Å². The number of carbonyl (C=O) groups excluding carboxylic acids is 1. The number of pyridine rings is 1. The van der Waals surface area contributed by atoms with Crippen LogP contribution in [0.2, 0.25) is 0 Å². The summed E-state index contributed by atoms with van der Waals surface area (Å²) in [7, 11) is 0. The first-order valence-electron chi connectivity index (χ1n) is 10.7. The molecule has 2 aromatic heterocycles. The van der Waals surface area contributed by atoms with E-state index in [2.05, 4.69) is 9.97 Å². The molecule has 1 aliphatic carbocycles. The molecule has 0 saturated heterocycles. The summed E-state index contributed by atoms with van der Waals surface area (Å²) in [4.78, 5) is 40.2. The Labute approximate surface area is 180 Å². The van der Waals surface area contributed by atoms with Gasteiger partial charge in [0.25, 0.3) is 11.5 Å². The van der Waals surface area contributed by atoms with Gasteiger partial charge in [-0.05, 0) is 51.0 Å². The van der Waals surface area contributed by atoms with Crippen molar-refractivity contribution in [3.63, 3.8) is 0 Å². The zero-order valence-electron chi connectivity index (χ0n) is 17.6. The van der Waals surface area contributed by atoms with Crippen LogP contribution in [-0.2, 0) is 6.54 Å². The molecular formula is C25H24N4O2. The fourth-order valence-electron chi connectivity index (χ4n) is 3.98. The molecule has 1 amide bonds. The van der Waals surface area contributed by atoms with Crippen LogP contribution in [0.3, 0.4) is 0 Å². The van der Waals surface area contributed by atoms with Gasteiger partial charge < -0.3 is 9.88 Å². The standard InChI is InChI=1S/C25H24N4O2/c1-15(2)29(14-23-27-21-10-6-4-8-18(21)24(30)28-23)25(31)19-13-22(16-11-12-16)26-20-9-5-3-7-17(19)20/h3-10,13,15-16H,11-12,14H2,1-2H3,(H,27,28,30). The summed E-state index contributed by atoms with van der Waals surface area (Å²) < 4.78 is 0. The van der Waals surface area contributed by atoms with Crippen molar-refractivity contribution in [2.75, 3.05) is 0 Å². The van der Waals surface area contributed by atoms with E-state index in [0.29, 0.717) is 28.2 Å². The largest absolute Gasteiger partial charge is 0.329 e. The average Bonchev–Trinajstić information content (AvgIpc) is 3.62. The van der Waals surface area contributed by atoms with Gasteiger partial charge in [-0.3, -0.25) is 14.6 Å². The lowest BCUT2D eigenvalue weighted by Gasteiger charge is -2.27. The summed E-state index contributed by atoms with van der Waals surface area (Å²) in [5.74, 6) is 0.847. The number of benzene rings is 2. The third-order valence-corrected chi connectivity index (χ3v) is 5.83. The number of fused-ring (bicyclic) bond motifs is 2. The van der Waals surface area contributed by atoms with Gasteiger partial charge in [-0.2, -0.15) is 0 Å². The Morgan fingerprint density at radius 3 is 2.35 bits per heavy atom. The second kappa shape index (κ2) is 7.61. The summed E-state index contributed by atoms with van der Waals surface area (Å²) in [6, 6.07) is 16.9. The molecule has 2 heterocycles. The second-order valence-electron chi connectivity index (χ2n) is 8.44. The smallest absolute Gasteiger partial charge is 0.258 e. The Kier molecular flexibility index (Phi) is 4.77. The number of hydrogen-bond acceptors (Lipinski definition) is 4. The molecule has 0 atom stereocenters. The summed E-state index contributed by atoms with van der Waals surface area (Å²) in [5, 5.41) is 1.39. The number of nitrogens with one attached hydrogen (secondary N) is 1. The molecule has 1 aliphatic rings. The van der Waals surface area contributed by atoms with Crippen molar-refractivity contribution >= 4 is 27.7 Å².